The molecule has 12 aromatic carbocycles. The summed E-state index contributed by atoms with van der Waals surface area (Å²) >= 11 is 0. The highest BCUT2D eigenvalue weighted by Crippen LogP contribution is 2.36. The van der Waals surface area contributed by atoms with Crippen LogP contribution in [-0.2, 0) is 57.1 Å². The molecule has 0 aromatic heterocycles. The van der Waals surface area contributed by atoms with Crippen molar-refractivity contribution < 1.29 is 131 Å². The first-order valence-corrected chi connectivity index (χ1v) is 46.2. The van der Waals surface area contributed by atoms with E-state index in [-0.39, 0.29) is 29.4 Å². The number of nitrogens with zero attached hydrogens (tertiary/aromatic N) is 4. The molecular weight excluding hydrogens is 1910 g/mol. The van der Waals surface area contributed by atoms with Crippen molar-refractivity contribution in [1.82, 2.24) is 0 Å². The maximum absolute atomic E-state index is 14.5. The largest absolute Gasteiger partial charge is 0.465 e. The molecule has 0 saturated carbocycles. The molecular formula is C115H114F8N4O20. The monoisotopic (exact) mass is 2020 g/mol. The molecule has 0 fully saturated rings. The number of amides is 4. The van der Waals surface area contributed by atoms with E-state index in [1.807, 2.05) is 0 Å². The fourth-order valence-electron chi connectivity index (χ4n) is 14.2. The van der Waals surface area contributed by atoms with E-state index in [4.69, 9.17) is 37.9 Å². The summed E-state index contributed by atoms with van der Waals surface area (Å²) in [4.78, 5) is 157. The van der Waals surface area contributed by atoms with Crippen molar-refractivity contribution in [1.29, 1.82) is 0 Å². The number of carbonyl (C=O) groups is 12. The third-order valence-electron chi connectivity index (χ3n) is 20.2. The third kappa shape index (κ3) is 33.7. The Labute approximate surface area is 847 Å². The average molecular weight is 2020 g/mol. The van der Waals surface area contributed by atoms with Crippen molar-refractivity contribution >= 4 is 94.1 Å². The number of hydrogen-bond acceptors (Lipinski definition) is 20. The smallest absolute Gasteiger partial charge is 0.338 e. The lowest BCUT2D eigenvalue weighted by atomic mass is 10.0. The minimum absolute atomic E-state index is 0.212. The number of halogens is 8. The molecule has 4 amide bonds. The van der Waals surface area contributed by atoms with Crippen LogP contribution in [0.3, 0.4) is 0 Å². The molecule has 0 aliphatic carbocycles. The highest BCUT2D eigenvalue weighted by molar-refractivity contribution is 6.12. The van der Waals surface area contributed by atoms with Gasteiger partial charge in [-0.25, -0.2) is 54.3 Å². The van der Waals surface area contributed by atoms with Crippen LogP contribution in [0.15, 0.2) is 267 Å². The number of anilines is 4. The molecule has 24 nitrogen and oxygen atoms in total. The number of carbonyl (C=O) groups excluding carboxylic acids is 12. The molecule has 0 bridgehead atoms. The van der Waals surface area contributed by atoms with Crippen LogP contribution in [0, 0.1) is 46.5 Å². The molecule has 147 heavy (non-hydrogen) atoms. The standard InChI is InChI=1S/2C30H31F2NO5.C28H27F2NO5.C27H25F2NO5/c1-29(2,3)37-25(34)18-33(27(35)26-23(31)14-9-15-24(26)32)22-13-8-11-20(17-22)19-10-7-12-21(16-19)28(36)38-30(4,5)6;1-29(2,3)37-25(34)18-33(27(35)26-23(31)11-8-12-24(26)32)22-10-7-9-21(17-22)19-13-15-20(16-14-19)28(36)38-30(4,5)6;1-5-35-27(34)20-11-6-9-18(15-20)19-10-7-12-21(16-19)31(17-24(32)36-28(2,3)4)26(33)25-22(29)13-8-14-23(25)30;1-27(2,3)35-23(31)16-30(25(32)24-21(28)12-7-13-22(24)29)20-11-6-9-18(15-20)17-8-5-10-19(14-17)26(33)34-4/h2*7-17H,18H2,1-6H3;6-16H,5,17H2,1-4H3;5-15H,16H2,1-4H3. The first-order valence-electron chi connectivity index (χ1n) is 46.2. The zero-order valence-electron chi connectivity index (χ0n) is 84.9. The Kier molecular flexibility index (Phi) is 38.4. The van der Waals surface area contributed by atoms with Crippen LogP contribution < -0.4 is 19.6 Å². The molecule has 32 heteroatoms. The summed E-state index contributed by atoms with van der Waals surface area (Å²) in [6.07, 6.45) is 0. The summed E-state index contributed by atoms with van der Waals surface area (Å²) in [6.45, 7) is 30.4. The normalized spacial score (nSPS) is 11.3. The minimum Gasteiger partial charge on any atom is -0.465 e. The van der Waals surface area contributed by atoms with Crippen molar-refractivity contribution in [2.24, 2.45) is 0 Å². The third-order valence-corrected chi connectivity index (χ3v) is 20.2. The van der Waals surface area contributed by atoms with E-state index in [0.29, 0.717) is 66.8 Å². The Morgan fingerprint density at radius 2 is 0.422 bits per heavy atom. The van der Waals surface area contributed by atoms with Gasteiger partial charge in [0.05, 0.1) is 36.0 Å². The van der Waals surface area contributed by atoms with E-state index in [0.717, 1.165) is 92.4 Å². The van der Waals surface area contributed by atoms with Crippen LogP contribution in [0.4, 0.5) is 57.9 Å². The predicted octanol–water partition coefficient (Wildman–Crippen LogP) is 24.4. The van der Waals surface area contributed by atoms with Crippen LogP contribution in [0.2, 0.25) is 0 Å². The highest BCUT2D eigenvalue weighted by atomic mass is 19.2. The van der Waals surface area contributed by atoms with Crippen molar-refractivity contribution in [3.8, 4) is 44.5 Å². The number of rotatable bonds is 25. The summed E-state index contributed by atoms with van der Waals surface area (Å²) in [7, 11) is 1.28. The van der Waals surface area contributed by atoms with Gasteiger partial charge in [-0.3, -0.25) is 58.0 Å². The van der Waals surface area contributed by atoms with Gasteiger partial charge in [-0.2, -0.15) is 0 Å². The summed E-state index contributed by atoms with van der Waals surface area (Å²) < 4.78 is 158. The van der Waals surface area contributed by atoms with Gasteiger partial charge in [0.2, 0.25) is 0 Å². The van der Waals surface area contributed by atoms with Crippen molar-refractivity contribution in [2.45, 2.75) is 165 Å². The molecule has 0 spiro atoms. The van der Waals surface area contributed by atoms with Gasteiger partial charge in [-0.15, -0.1) is 0 Å². The Hall–Kier alpha value is -16.3. The van der Waals surface area contributed by atoms with Crippen LogP contribution in [0.1, 0.15) is 214 Å². The lowest BCUT2D eigenvalue weighted by Crippen LogP contribution is -2.39. The van der Waals surface area contributed by atoms with Gasteiger partial charge in [-0.1, -0.05) is 121 Å². The van der Waals surface area contributed by atoms with Crippen LogP contribution in [0.5, 0.6) is 0 Å². The maximum Gasteiger partial charge on any atom is 0.338 e. The van der Waals surface area contributed by atoms with Gasteiger partial charge in [0, 0.05) is 22.7 Å². The summed E-state index contributed by atoms with van der Waals surface area (Å²) in [6, 6.07) is 65.2. The highest BCUT2D eigenvalue weighted by Gasteiger charge is 2.36. The lowest BCUT2D eigenvalue weighted by Gasteiger charge is -2.26. The van der Waals surface area contributed by atoms with E-state index < -0.39 is 200 Å². The topological polar surface area (TPSA) is 292 Å². The molecule has 0 saturated heterocycles. The minimum atomic E-state index is -1.05. The Morgan fingerprint density at radius 3 is 0.646 bits per heavy atom. The second-order valence-electron chi connectivity index (χ2n) is 39.0. The molecule has 0 aliphatic heterocycles. The predicted molar refractivity (Wildman–Crippen MR) is 541 cm³/mol. The SMILES string of the molecule is CC(C)(C)OC(=O)CN(C(=O)c1c(F)cccc1F)c1cccc(-c2ccc(C(=O)OC(C)(C)C)cc2)c1.CC(C)(C)OC(=O)CN(C(=O)c1c(F)cccc1F)c1cccc(-c2cccc(C(=O)OC(C)(C)C)c2)c1.CCOC(=O)c1cccc(-c2cccc(N(CC(=O)OC(C)(C)C)C(=O)c3c(F)cccc3F)c2)c1.COC(=O)c1cccc(-c2cccc(N(CC(=O)OC(C)(C)C)C(=O)c3c(F)cccc3F)c2)c1. The van der Waals surface area contributed by atoms with Gasteiger partial charge in [0.1, 0.15) is 129 Å². The molecule has 12 rings (SSSR count). The van der Waals surface area contributed by atoms with Gasteiger partial charge < -0.3 is 37.9 Å². The first-order chi connectivity index (χ1) is 68.8. The second-order valence-corrected chi connectivity index (χ2v) is 39.0. The van der Waals surface area contributed by atoms with E-state index in [1.54, 1.807) is 320 Å². The van der Waals surface area contributed by atoms with Crippen LogP contribution in [0.25, 0.3) is 44.5 Å². The van der Waals surface area contributed by atoms with Gasteiger partial charge in [0.25, 0.3) is 23.6 Å². The molecule has 0 N–H and O–H groups in total. The average Bonchev–Trinajstić information content (AvgIpc) is 0.804. The number of ether oxygens (including phenoxy) is 8. The first kappa shape index (κ1) is 114. The van der Waals surface area contributed by atoms with E-state index in [1.165, 1.54) is 13.2 Å². The number of methoxy groups -OCH3 is 1. The number of esters is 8. The quantitative estimate of drug-likeness (QED) is 0.0292. The second kappa shape index (κ2) is 49.3. The molecule has 0 heterocycles. The zero-order chi connectivity index (χ0) is 109. The Bertz CT molecular complexity index is 6790. The van der Waals surface area contributed by atoms with Gasteiger partial charge in [-0.05, 0) is 322 Å². The van der Waals surface area contributed by atoms with Crippen LogP contribution in [-0.4, -0.2) is 145 Å². The summed E-state index contributed by atoms with van der Waals surface area (Å²) in [5, 5.41) is 0. The summed E-state index contributed by atoms with van der Waals surface area (Å²) in [5.74, 6) is -17.4. The number of hydrogen-bond donors (Lipinski definition) is 0. The van der Waals surface area contributed by atoms with Gasteiger partial charge >= 0.3 is 47.8 Å². The van der Waals surface area contributed by atoms with E-state index in [9.17, 15) is 92.7 Å². The summed E-state index contributed by atoms with van der Waals surface area (Å²) in [5.41, 5.74) is -0.421. The number of benzene rings is 12. The maximum atomic E-state index is 14.5. The Balaban J connectivity index is 0.000000218. The lowest BCUT2D eigenvalue weighted by molar-refractivity contribution is -0.154. The van der Waals surface area contributed by atoms with Crippen LogP contribution >= 0.6 is 0 Å². The van der Waals surface area contributed by atoms with E-state index in [2.05, 4.69) is 0 Å². The molecule has 770 valence electrons. The molecule has 0 unspecified atom stereocenters. The van der Waals surface area contributed by atoms with Crippen molar-refractivity contribution in [3.63, 3.8) is 0 Å². The van der Waals surface area contributed by atoms with E-state index >= 15 is 0 Å². The van der Waals surface area contributed by atoms with Gasteiger partial charge in [0.15, 0.2) is 0 Å². The fraction of sp³-hybridized carbons (Fsp3) is 0.270. The van der Waals surface area contributed by atoms with Crippen molar-refractivity contribution in [3.05, 3.63) is 358 Å². The zero-order valence-corrected chi connectivity index (χ0v) is 84.9. The molecule has 0 aliphatic rings. The van der Waals surface area contributed by atoms with Crippen molar-refractivity contribution in [2.75, 3.05) is 59.5 Å². The molecule has 0 atom stereocenters. The fourth-order valence-corrected chi connectivity index (χ4v) is 14.2. The molecule has 0 radical (unpaired) electrons. The Morgan fingerprint density at radius 1 is 0.224 bits per heavy atom. The molecule has 12 aromatic rings.